The second kappa shape index (κ2) is 10.8. The molecule has 9 heteroatoms. The Bertz CT molecular complexity index is 1150. The lowest BCUT2D eigenvalue weighted by atomic mass is 9.78. The molecule has 0 unspecified atom stereocenters. The highest BCUT2D eigenvalue weighted by molar-refractivity contribution is 5.77. The SMILES string of the molecule is CCCCCC1CCC(OC(F)(F)c2ccc3c(c2F)C(F)(F)C(F)(F)c2c-3ccc(CCC)c2F)CC1. The molecular formula is C29H32F8O. The fourth-order valence-corrected chi connectivity index (χ4v) is 5.75. The molecule has 1 saturated carbocycles. The van der Waals surface area contributed by atoms with Gasteiger partial charge in [-0.15, -0.1) is 0 Å². The van der Waals surface area contributed by atoms with Gasteiger partial charge in [-0.2, -0.15) is 26.3 Å². The zero-order chi connectivity index (χ0) is 27.9. The summed E-state index contributed by atoms with van der Waals surface area (Å²) in [5.74, 6) is -13.7. The summed E-state index contributed by atoms with van der Waals surface area (Å²) < 4.78 is 126. The Morgan fingerprint density at radius 2 is 1.37 bits per heavy atom. The average Bonchev–Trinajstić information content (AvgIpc) is 2.84. The first kappa shape index (κ1) is 28.8. The molecule has 2 aliphatic rings. The van der Waals surface area contributed by atoms with Crippen LogP contribution in [0.4, 0.5) is 35.1 Å². The van der Waals surface area contributed by atoms with Gasteiger partial charge in [-0.25, -0.2) is 8.78 Å². The van der Waals surface area contributed by atoms with E-state index in [1.807, 2.05) is 0 Å². The van der Waals surface area contributed by atoms with Gasteiger partial charge >= 0.3 is 18.0 Å². The highest BCUT2D eigenvalue weighted by Gasteiger charge is 2.66. The van der Waals surface area contributed by atoms with Gasteiger partial charge in [0.2, 0.25) is 0 Å². The van der Waals surface area contributed by atoms with E-state index in [1.165, 1.54) is 6.07 Å². The summed E-state index contributed by atoms with van der Waals surface area (Å²) in [5.41, 5.74) is -6.54. The fraction of sp³-hybridized carbons (Fsp3) is 0.586. The van der Waals surface area contributed by atoms with Gasteiger partial charge in [0.15, 0.2) is 0 Å². The minimum atomic E-state index is -5.27. The maximum Gasteiger partial charge on any atom is 0.386 e. The summed E-state index contributed by atoms with van der Waals surface area (Å²) in [6.45, 7) is 3.75. The Morgan fingerprint density at radius 1 is 0.789 bits per heavy atom. The van der Waals surface area contributed by atoms with Gasteiger partial charge in [-0.1, -0.05) is 64.2 Å². The molecule has 0 bridgehead atoms. The van der Waals surface area contributed by atoms with Crippen molar-refractivity contribution in [2.45, 2.75) is 102 Å². The van der Waals surface area contributed by atoms with E-state index in [0.29, 0.717) is 44.1 Å². The Labute approximate surface area is 217 Å². The molecule has 38 heavy (non-hydrogen) atoms. The zero-order valence-electron chi connectivity index (χ0n) is 21.5. The Balaban J connectivity index is 1.66. The number of halogens is 8. The molecule has 0 amide bonds. The third-order valence-electron chi connectivity index (χ3n) is 7.83. The van der Waals surface area contributed by atoms with Gasteiger partial charge in [0.05, 0.1) is 22.8 Å². The molecule has 2 aliphatic carbocycles. The first-order valence-corrected chi connectivity index (χ1v) is 13.3. The maximum absolute atomic E-state index is 15.4. The molecule has 0 aliphatic heterocycles. The molecular weight excluding hydrogens is 516 g/mol. The molecule has 0 aromatic heterocycles. The lowest BCUT2D eigenvalue weighted by molar-refractivity contribution is -0.280. The van der Waals surface area contributed by atoms with Crippen LogP contribution in [0.1, 0.15) is 93.9 Å². The number of rotatable bonds is 9. The van der Waals surface area contributed by atoms with Crippen LogP contribution >= 0.6 is 0 Å². The largest absolute Gasteiger partial charge is 0.386 e. The number of benzene rings is 2. The van der Waals surface area contributed by atoms with Gasteiger partial charge in [-0.05, 0) is 60.8 Å². The lowest BCUT2D eigenvalue weighted by Gasteiger charge is -2.36. The molecule has 0 N–H and O–H groups in total. The first-order chi connectivity index (χ1) is 17.9. The predicted octanol–water partition coefficient (Wildman–Crippen LogP) is 9.99. The Kier molecular flexibility index (Phi) is 8.18. The van der Waals surface area contributed by atoms with Gasteiger partial charge in [0, 0.05) is 0 Å². The van der Waals surface area contributed by atoms with Crippen molar-refractivity contribution in [2.24, 2.45) is 5.92 Å². The topological polar surface area (TPSA) is 9.23 Å². The highest BCUT2D eigenvalue weighted by Crippen LogP contribution is 2.60. The van der Waals surface area contributed by atoms with Crippen LogP contribution in [0.2, 0.25) is 0 Å². The average molecular weight is 549 g/mol. The first-order valence-electron chi connectivity index (χ1n) is 13.3. The van der Waals surface area contributed by atoms with E-state index >= 15 is 30.7 Å². The van der Waals surface area contributed by atoms with Crippen LogP contribution in [0.5, 0.6) is 0 Å². The number of aryl methyl sites for hydroxylation is 1. The Hall–Kier alpha value is -2.16. The van der Waals surface area contributed by atoms with E-state index in [-0.39, 0.29) is 12.0 Å². The standard InChI is InChI=1S/C29H32F8O/c1-3-5-6-8-17-9-12-19(13-10-17)38-29(36,37)22-16-15-21-20-14-11-18(7-4-2)25(30)23(20)27(32,33)28(34,35)24(21)26(22)31/h11,14-17,19H,3-10,12-13H2,1-2H3. The van der Waals surface area contributed by atoms with Crippen LogP contribution in [0.25, 0.3) is 11.1 Å². The minimum absolute atomic E-state index is 0.0329. The van der Waals surface area contributed by atoms with Crippen molar-refractivity contribution in [1.29, 1.82) is 0 Å². The molecule has 1 fully saturated rings. The maximum atomic E-state index is 15.4. The van der Waals surface area contributed by atoms with Crippen molar-refractivity contribution in [3.63, 3.8) is 0 Å². The molecule has 0 heterocycles. The summed E-state index contributed by atoms with van der Waals surface area (Å²) in [6.07, 6.45) is 1.30. The monoisotopic (exact) mass is 548 g/mol. The van der Waals surface area contributed by atoms with E-state index < -0.39 is 63.5 Å². The number of alkyl halides is 6. The van der Waals surface area contributed by atoms with E-state index in [2.05, 4.69) is 6.92 Å². The molecule has 2 aromatic rings. The molecule has 2 aromatic carbocycles. The molecule has 1 nitrogen and oxygen atoms in total. The van der Waals surface area contributed by atoms with Crippen LogP contribution < -0.4 is 0 Å². The van der Waals surface area contributed by atoms with Crippen LogP contribution in [0.15, 0.2) is 24.3 Å². The van der Waals surface area contributed by atoms with Crippen LogP contribution in [0.3, 0.4) is 0 Å². The second-order valence-corrected chi connectivity index (χ2v) is 10.5. The van der Waals surface area contributed by atoms with E-state index in [4.69, 9.17) is 4.74 Å². The number of hydrogen-bond donors (Lipinski definition) is 0. The third kappa shape index (κ3) is 4.95. The van der Waals surface area contributed by atoms with Crippen LogP contribution in [-0.4, -0.2) is 6.10 Å². The normalized spacial score (nSPS) is 22.2. The molecule has 0 radical (unpaired) electrons. The number of fused-ring (bicyclic) bond motifs is 3. The molecule has 4 rings (SSSR count). The van der Waals surface area contributed by atoms with Crippen molar-refractivity contribution < 1.29 is 39.9 Å². The van der Waals surface area contributed by atoms with Crippen molar-refractivity contribution in [1.82, 2.24) is 0 Å². The summed E-state index contributed by atoms with van der Waals surface area (Å²) in [6, 6.07) is 3.46. The van der Waals surface area contributed by atoms with Crippen molar-refractivity contribution >= 4 is 0 Å². The lowest BCUT2D eigenvalue weighted by Crippen LogP contribution is -2.42. The minimum Gasteiger partial charge on any atom is -0.313 e. The molecule has 210 valence electrons. The fourth-order valence-electron chi connectivity index (χ4n) is 5.75. The summed E-state index contributed by atoms with van der Waals surface area (Å²) >= 11 is 0. The molecule has 0 atom stereocenters. The van der Waals surface area contributed by atoms with Crippen LogP contribution in [-0.2, 0) is 29.1 Å². The third-order valence-corrected chi connectivity index (χ3v) is 7.83. The van der Waals surface area contributed by atoms with E-state index in [1.54, 1.807) is 6.92 Å². The van der Waals surface area contributed by atoms with Gasteiger partial charge < -0.3 is 4.74 Å². The van der Waals surface area contributed by atoms with Crippen molar-refractivity contribution in [3.8, 4) is 11.1 Å². The van der Waals surface area contributed by atoms with Gasteiger partial charge in [-0.3, -0.25) is 0 Å². The Morgan fingerprint density at radius 3 is 1.95 bits per heavy atom. The highest BCUT2D eigenvalue weighted by atomic mass is 19.3. The summed E-state index contributed by atoms with van der Waals surface area (Å²) in [7, 11) is 0. The summed E-state index contributed by atoms with van der Waals surface area (Å²) in [5, 5.41) is 0. The second-order valence-electron chi connectivity index (χ2n) is 10.5. The zero-order valence-corrected chi connectivity index (χ0v) is 21.5. The predicted molar refractivity (Wildman–Crippen MR) is 128 cm³/mol. The number of ether oxygens (including phenoxy) is 1. The molecule has 0 spiro atoms. The number of unbranched alkanes of at least 4 members (excludes halogenated alkanes) is 2. The van der Waals surface area contributed by atoms with Crippen molar-refractivity contribution in [2.75, 3.05) is 0 Å². The quantitative estimate of drug-likeness (QED) is 0.224. The van der Waals surface area contributed by atoms with Gasteiger partial charge in [0.1, 0.15) is 11.6 Å². The summed E-state index contributed by atoms with van der Waals surface area (Å²) in [4.78, 5) is 0. The van der Waals surface area contributed by atoms with Crippen LogP contribution in [0, 0.1) is 17.6 Å². The molecule has 0 saturated heterocycles. The smallest absolute Gasteiger partial charge is 0.313 e. The van der Waals surface area contributed by atoms with E-state index in [0.717, 1.165) is 37.8 Å². The number of hydrogen-bond acceptors (Lipinski definition) is 1. The van der Waals surface area contributed by atoms with Gasteiger partial charge in [0.25, 0.3) is 0 Å². The van der Waals surface area contributed by atoms with E-state index in [9.17, 15) is 4.39 Å². The van der Waals surface area contributed by atoms with Crippen molar-refractivity contribution in [3.05, 3.63) is 58.2 Å².